The SMILES string of the molecule is CCN(C(=O)COC1CCCC1CN)C1CC1. The number of amides is 1. The molecule has 98 valence electrons. The van der Waals surface area contributed by atoms with E-state index in [1.165, 1.54) is 6.42 Å². The number of nitrogens with zero attached hydrogens (tertiary/aromatic N) is 1. The Hall–Kier alpha value is -0.610. The Morgan fingerprint density at radius 2 is 2.12 bits per heavy atom. The van der Waals surface area contributed by atoms with Crippen LogP contribution in [0.4, 0.5) is 0 Å². The summed E-state index contributed by atoms with van der Waals surface area (Å²) in [6.07, 6.45) is 5.92. The maximum absolute atomic E-state index is 12.0. The molecule has 0 aromatic carbocycles. The number of rotatable bonds is 6. The molecule has 0 aliphatic heterocycles. The maximum Gasteiger partial charge on any atom is 0.248 e. The lowest BCUT2D eigenvalue weighted by Crippen LogP contribution is -2.37. The van der Waals surface area contributed by atoms with Gasteiger partial charge in [-0.15, -0.1) is 0 Å². The summed E-state index contributed by atoms with van der Waals surface area (Å²) in [6.45, 7) is 3.76. The first-order valence-corrected chi connectivity index (χ1v) is 6.87. The second-order valence-corrected chi connectivity index (χ2v) is 5.19. The number of likely N-dealkylation sites (N-methyl/N-ethyl adjacent to an activating group) is 1. The van der Waals surface area contributed by atoms with Crippen molar-refractivity contribution in [2.45, 2.75) is 51.2 Å². The fourth-order valence-corrected chi connectivity index (χ4v) is 2.78. The largest absolute Gasteiger partial charge is 0.368 e. The summed E-state index contributed by atoms with van der Waals surface area (Å²) < 4.78 is 5.76. The van der Waals surface area contributed by atoms with Crippen LogP contribution in [0.15, 0.2) is 0 Å². The van der Waals surface area contributed by atoms with Crippen molar-refractivity contribution in [3.05, 3.63) is 0 Å². The number of hydrogen-bond donors (Lipinski definition) is 1. The molecule has 2 saturated carbocycles. The Kier molecular flexibility index (Phi) is 4.40. The van der Waals surface area contributed by atoms with Gasteiger partial charge in [0.15, 0.2) is 0 Å². The first-order valence-electron chi connectivity index (χ1n) is 6.87. The van der Waals surface area contributed by atoms with E-state index in [9.17, 15) is 4.79 Å². The lowest BCUT2D eigenvalue weighted by Gasteiger charge is -2.23. The molecular formula is C13H24N2O2. The predicted molar refractivity (Wildman–Crippen MR) is 66.5 cm³/mol. The van der Waals surface area contributed by atoms with Gasteiger partial charge in [-0.05, 0) is 45.1 Å². The quantitative estimate of drug-likeness (QED) is 0.757. The zero-order valence-corrected chi connectivity index (χ0v) is 10.7. The molecule has 2 unspecified atom stereocenters. The van der Waals surface area contributed by atoms with Crippen LogP contribution < -0.4 is 5.73 Å². The zero-order chi connectivity index (χ0) is 12.3. The minimum Gasteiger partial charge on any atom is -0.368 e. The van der Waals surface area contributed by atoms with E-state index < -0.39 is 0 Å². The summed E-state index contributed by atoms with van der Waals surface area (Å²) in [4.78, 5) is 13.9. The van der Waals surface area contributed by atoms with E-state index in [0.717, 1.165) is 32.2 Å². The number of nitrogens with two attached hydrogens (primary N) is 1. The van der Waals surface area contributed by atoms with E-state index in [0.29, 0.717) is 18.5 Å². The molecule has 4 heteroatoms. The van der Waals surface area contributed by atoms with Crippen LogP contribution in [0.25, 0.3) is 0 Å². The molecule has 0 saturated heterocycles. The molecule has 0 aromatic rings. The van der Waals surface area contributed by atoms with Crippen LogP contribution in [0.2, 0.25) is 0 Å². The van der Waals surface area contributed by atoms with Gasteiger partial charge < -0.3 is 15.4 Å². The molecule has 0 aromatic heterocycles. The van der Waals surface area contributed by atoms with Crippen molar-refractivity contribution >= 4 is 5.91 Å². The fraction of sp³-hybridized carbons (Fsp3) is 0.923. The first-order chi connectivity index (χ1) is 8.26. The number of hydrogen-bond acceptors (Lipinski definition) is 3. The number of ether oxygens (including phenoxy) is 1. The molecule has 0 heterocycles. The van der Waals surface area contributed by atoms with Crippen LogP contribution in [-0.2, 0) is 9.53 Å². The third-order valence-electron chi connectivity index (χ3n) is 3.96. The number of carbonyl (C=O) groups is 1. The highest BCUT2D eigenvalue weighted by atomic mass is 16.5. The standard InChI is InChI=1S/C13H24N2O2/c1-2-15(11-6-7-11)13(16)9-17-12-5-3-4-10(12)8-14/h10-12H,2-9,14H2,1H3. The molecular weight excluding hydrogens is 216 g/mol. The second kappa shape index (κ2) is 5.83. The predicted octanol–water partition coefficient (Wildman–Crippen LogP) is 1.14. The van der Waals surface area contributed by atoms with Gasteiger partial charge in [-0.3, -0.25) is 4.79 Å². The Morgan fingerprint density at radius 1 is 1.35 bits per heavy atom. The molecule has 4 nitrogen and oxygen atoms in total. The van der Waals surface area contributed by atoms with E-state index in [-0.39, 0.29) is 18.6 Å². The van der Waals surface area contributed by atoms with E-state index in [4.69, 9.17) is 10.5 Å². The molecule has 2 N–H and O–H groups in total. The normalized spacial score (nSPS) is 28.4. The summed E-state index contributed by atoms with van der Waals surface area (Å²) in [7, 11) is 0. The Labute approximate surface area is 103 Å². The lowest BCUT2D eigenvalue weighted by molar-refractivity contribution is -0.139. The summed E-state index contributed by atoms with van der Waals surface area (Å²) in [6, 6.07) is 0.491. The Bertz CT molecular complexity index is 266. The van der Waals surface area contributed by atoms with Crippen molar-refractivity contribution in [2.75, 3.05) is 19.7 Å². The molecule has 0 bridgehead atoms. The zero-order valence-electron chi connectivity index (χ0n) is 10.7. The average Bonchev–Trinajstić information content (AvgIpc) is 3.06. The van der Waals surface area contributed by atoms with Crippen molar-refractivity contribution in [1.29, 1.82) is 0 Å². The highest BCUT2D eigenvalue weighted by Crippen LogP contribution is 2.29. The molecule has 2 fully saturated rings. The van der Waals surface area contributed by atoms with Crippen LogP contribution in [0.3, 0.4) is 0 Å². The number of carbonyl (C=O) groups excluding carboxylic acids is 1. The molecule has 17 heavy (non-hydrogen) atoms. The second-order valence-electron chi connectivity index (χ2n) is 5.19. The van der Waals surface area contributed by atoms with Gasteiger partial charge in [0.25, 0.3) is 0 Å². The Morgan fingerprint density at radius 3 is 2.71 bits per heavy atom. The van der Waals surface area contributed by atoms with Crippen molar-refractivity contribution in [3.63, 3.8) is 0 Å². The van der Waals surface area contributed by atoms with E-state index in [1.807, 2.05) is 11.8 Å². The molecule has 0 spiro atoms. The third kappa shape index (κ3) is 3.19. The third-order valence-corrected chi connectivity index (χ3v) is 3.96. The lowest BCUT2D eigenvalue weighted by atomic mass is 10.1. The highest BCUT2D eigenvalue weighted by molar-refractivity contribution is 5.78. The first kappa shape index (κ1) is 12.8. The summed E-state index contributed by atoms with van der Waals surface area (Å²) in [5.74, 6) is 0.608. The monoisotopic (exact) mass is 240 g/mol. The topological polar surface area (TPSA) is 55.6 Å². The van der Waals surface area contributed by atoms with E-state index >= 15 is 0 Å². The van der Waals surface area contributed by atoms with Gasteiger partial charge in [0.1, 0.15) is 6.61 Å². The van der Waals surface area contributed by atoms with Gasteiger partial charge >= 0.3 is 0 Å². The van der Waals surface area contributed by atoms with Crippen molar-refractivity contribution in [2.24, 2.45) is 11.7 Å². The van der Waals surface area contributed by atoms with Crippen LogP contribution in [0.5, 0.6) is 0 Å². The molecule has 2 rings (SSSR count). The molecule has 1 amide bonds. The minimum atomic E-state index is 0.151. The van der Waals surface area contributed by atoms with Gasteiger partial charge in [0, 0.05) is 12.6 Å². The minimum absolute atomic E-state index is 0.151. The van der Waals surface area contributed by atoms with Crippen molar-refractivity contribution in [3.8, 4) is 0 Å². The van der Waals surface area contributed by atoms with Gasteiger partial charge in [-0.2, -0.15) is 0 Å². The van der Waals surface area contributed by atoms with Crippen LogP contribution >= 0.6 is 0 Å². The van der Waals surface area contributed by atoms with E-state index in [2.05, 4.69) is 0 Å². The van der Waals surface area contributed by atoms with Gasteiger partial charge in [0.05, 0.1) is 6.10 Å². The van der Waals surface area contributed by atoms with Gasteiger partial charge in [-0.1, -0.05) is 6.42 Å². The smallest absolute Gasteiger partial charge is 0.248 e. The highest BCUT2D eigenvalue weighted by Gasteiger charge is 2.32. The molecule has 2 atom stereocenters. The van der Waals surface area contributed by atoms with E-state index in [1.54, 1.807) is 0 Å². The molecule has 2 aliphatic rings. The van der Waals surface area contributed by atoms with Gasteiger partial charge in [0.2, 0.25) is 5.91 Å². The van der Waals surface area contributed by atoms with Crippen LogP contribution in [0, 0.1) is 5.92 Å². The van der Waals surface area contributed by atoms with Crippen molar-refractivity contribution < 1.29 is 9.53 Å². The maximum atomic E-state index is 12.0. The van der Waals surface area contributed by atoms with Crippen LogP contribution in [0.1, 0.15) is 39.0 Å². The van der Waals surface area contributed by atoms with Crippen molar-refractivity contribution in [1.82, 2.24) is 4.90 Å². The molecule has 0 radical (unpaired) electrons. The molecule has 2 aliphatic carbocycles. The van der Waals surface area contributed by atoms with Gasteiger partial charge in [-0.25, -0.2) is 0 Å². The average molecular weight is 240 g/mol. The summed E-state index contributed by atoms with van der Waals surface area (Å²) >= 11 is 0. The Balaban J connectivity index is 1.75. The summed E-state index contributed by atoms with van der Waals surface area (Å²) in [5, 5.41) is 0. The summed E-state index contributed by atoms with van der Waals surface area (Å²) in [5.41, 5.74) is 5.70. The fourth-order valence-electron chi connectivity index (χ4n) is 2.78. The van der Waals surface area contributed by atoms with Crippen LogP contribution in [-0.4, -0.2) is 42.6 Å².